The lowest BCUT2D eigenvalue weighted by Crippen LogP contribution is -2.18. The van der Waals surface area contributed by atoms with Crippen LogP contribution < -0.4 is 10.6 Å². The largest absolute Gasteiger partial charge is 0.326 e. The fourth-order valence-electron chi connectivity index (χ4n) is 1.92. The number of hydrogen-bond acceptors (Lipinski definition) is 3. The molecule has 1 aromatic heterocycles. The van der Waals surface area contributed by atoms with Crippen LogP contribution in [0.2, 0.25) is 0 Å². The molecule has 1 heterocycles. The van der Waals surface area contributed by atoms with Crippen LogP contribution in [-0.2, 0) is 11.3 Å². The number of rotatable bonds is 5. The van der Waals surface area contributed by atoms with Crippen molar-refractivity contribution < 1.29 is 4.79 Å². The third kappa shape index (κ3) is 4.44. The second kappa shape index (κ2) is 7.02. The molecule has 5 heteroatoms. The number of carbonyl (C=O) groups excluding carboxylic acids is 1. The molecule has 0 saturated heterocycles. The number of carbonyl (C=O) groups is 1. The predicted molar refractivity (Wildman–Crippen MR) is 88.0 cm³/mol. The Morgan fingerprint density at radius 3 is 2.85 bits per heavy atom. The third-order valence-corrected chi connectivity index (χ3v) is 4.49. The number of anilines is 1. The van der Waals surface area contributed by atoms with Gasteiger partial charge in [0, 0.05) is 25.2 Å². The summed E-state index contributed by atoms with van der Waals surface area (Å²) >= 11 is 5.16. The van der Waals surface area contributed by atoms with Crippen molar-refractivity contribution in [1.29, 1.82) is 0 Å². The maximum Gasteiger partial charge on any atom is 0.221 e. The van der Waals surface area contributed by atoms with Gasteiger partial charge in [-0.05, 0) is 57.6 Å². The average Bonchev–Trinajstić information content (AvgIpc) is 2.81. The second-order valence-corrected chi connectivity index (χ2v) is 6.96. The highest BCUT2D eigenvalue weighted by molar-refractivity contribution is 9.11. The summed E-state index contributed by atoms with van der Waals surface area (Å²) in [6, 6.07) is 10.3. The molecule has 0 fully saturated rings. The van der Waals surface area contributed by atoms with Crippen LogP contribution >= 0.6 is 27.3 Å². The van der Waals surface area contributed by atoms with Crippen molar-refractivity contribution >= 4 is 38.9 Å². The molecule has 20 heavy (non-hydrogen) atoms. The third-order valence-electron chi connectivity index (χ3n) is 2.94. The molecular weight excluding hydrogens is 336 g/mol. The molecule has 0 bridgehead atoms. The lowest BCUT2D eigenvalue weighted by atomic mass is 10.1. The van der Waals surface area contributed by atoms with Crippen LogP contribution in [0.5, 0.6) is 0 Å². The van der Waals surface area contributed by atoms with E-state index in [9.17, 15) is 4.79 Å². The maximum absolute atomic E-state index is 11.1. The van der Waals surface area contributed by atoms with Gasteiger partial charge in [0.05, 0.1) is 3.79 Å². The molecule has 0 saturated carbocycles. The van der Waals surface area contributed by atoms with Crippen LogP contribution in [0.25, 0.3) is 0 Å². The van der Waals surface area contributed by atoms with Crippen molar-refractivity contribution in [1.82, 2.24) is 5.32 Å². The first kappa shape index (κ1) is 15.2. The van der Waals surface area contributed by atoms with Crippen molar-refractivity contribution in [2.75, 3.05) is 5.32 Å². The minimum Gasteiger partial charge on any atom is -0.326 e. The summed E-state index contributed by atoms with van der Waals surface area (Å²) in [5.74, 6) is -0.0501. The highest BCUT2D eigenvalue weighted by Gasteiger charge is 2.07. The molecule has 3 nitrogen and oxygen atoms in total. The molecule has 0 aliphatic heterocycles. The Bertz CT molecular complexity index is 597. The summed E-state index contributed by atoms with van der Waals surface area (Å²) in [5, 5.41) is 8.42. The Morgan fingerprint density at radius 1 is 1.40 bits per heavy atom. The standard InChI is InChI=1S/C15H17BrN2OS/c1-10(17-8-12-6-15(16)20-9-12)13-4-3-5-14(7-13)18-11(2)19/h3-7,9-10,17H,8H2,1-2H3,(H,18,19). The van der Waals surface area contributed by atoms with Gasteiger partial charge in [-0.3, -0.25) is 4.79 Å². The molecule has 1 atom stereocenters. The van der Waals surface area contributed by atoms with Gasteiger partial charge in [-0.1, -0.05) is 12.1 Å². The molecule has 0 spiro atoms. The Labute approximate surface area is 131 Å². The Balaban J connectivity index is 1.97. The van der Waals surface area contributed by atoms with Crippen LogP contribution in [-0.4, -0.2) is 5.91 Å². The van der Waals surface area contributed by atoms with E-state index in [0.717, 1.165) is 21.6 Å². The summed E-state index contributed by atoms with van der Waals surface area (Å²) in [4.78, 5) is 11.1. The van der Waals surface area contributed by atoms with Crippen molar-refractivity contribution in [2.24, 2.45) is 0 Å². The van der Waals surface area contributed by atoms with E-state index in [1.807, 2.05) is 18.2 Å². The monoisotopic (exact) mass is 352 g/mol. The molecule has 2 N–H and O–H groups in total. The molecule has 0 aliphatic rings. The first-order valence-corrected chi connectivity index (χ1v) is 8.05. The smallest absolute Gasteiger partial charge is 0.221 e. The van der Waals surface area contributed by atoms with Gasteiger partial charge in [0.25, 0.3) is 0 Å². The summed E-state index contributed by atoms with van der Waals surface area (Å²) in [7, 11) is 0. The minimum atomic E-state index is -0.0501. The van der Waals surface area contributed by atoms with Crippen LogP contribution in [0.15, 0.2) is 39.5 Å². The van der Waals surface area contributed by atoms with E-state index in [2.05, 4.69) is 51.0 Å². The molecule has 2 rings (SSSR count). The lowest BCUT2D eigenvalue weighted by Gasteiger charge is -2.15. The molecule has 1 amide bonds. The van der Waals surface area contributed by atoms with Crippen molar-refractivity contribution in [2.45, 2.75) is 26.4 Å². The molecular formula is C15H17BrN2OS. The fraction of sp³-hybridized carbons (Fsp3) is 0.267. The van der Waals surface area contributed by atoms with Crippen molar-refractivity contribution in [3.05, 3.63) is 50.6 Å². The Hall–Kier alpha value is -1.17. The number of halogens is 1. The highest BCUT2D eigenvalue weighted by atomic mass is 79.9. The normalized spacial score (nSPS) is 12.2. The maximum atomic E-state index is 11.1. The van der Waals surface area contributed by atoms with Crippen LogP contribution in [0, 0.1) is 0 Å². The van der Waals surface area contributed by atoms with Gasteiger partial charge in [0.15, 0.2) is 0 Å². The van der Waals surface area contributed by atoms with E-state index >= 15 is 0 Å². The van der Waals surface area contributed by atoms with E-state index < -0.39 is 0 Å². The molecule has 0 aliphatic carbocycles. The van der Waals surface area contributed by atoms with Crippen LogP contribution in [0.1, 0.15) is 31.0 Å². The molecule has 0 radical (unpaired) electrons. The fourth-order valence-corrected chi connectivity index (χ4v) is 3.13. The summed E-state index contributed by atoms with van der Waals surface area (Å²) in [6.45, 7) is 4.46. The number of nitrogens with one attached hydrogen (secondary N) is 2. The van der Waals surface area contributed by atoms with Gasteiger partial charge in [0.2, 0.25) is 5.91 Å². The zero-order chi connectivity index (χ0) is 14.5. The number of thiophene rings is 1. The van der Waals surface area contributed by atoms with Gasteiger partial charge in [-0.2, -0.15) is 0 Å². The van der Waals surface area contributed by atoms with E-state index in [4.69, 9.17) is 0 Å². The first-order valence-electron chi connectivity index (χ1n) is 6.38. The van der Waals surface area contributed by atoms with Crippen molar-refractivity contribution in [3.8, 4) is 0 Å². The summed E-state index contributed by atoms with van der Waals surface area (Å²) in [6.07, 6.45) is 0. The molecule has 1 aromatic carbocycles. The van der Waals surface area contributed by atoms with Crippen molar-refractivity contribution in [3.63, 3.8) is 0 Å². The topological polar surface area (TPSA) is 41.1 Å². The number of hydrogen-bond donors (Lipinski definition) is 2. The zero-order valence-electron chi connectivity index (χ0n) is 11.4. The van der Waals surface area contributed by atoms with Crippen LogP contribution in [0.4, 0.5) is 5.69 Å². The number of benzene rings is 1. The second-order valence-electron chi connectivity index (χ2n) is 4.67. The molecule has 1 unspecified atom stereocenters. The van der Waals surface area contributed by atoms with E-state index in [0.29, 0.717) is 0 Å². The highest BCUT2D eigenvalue weighted by Crippen LogP contribution is 2.22. The van der Waals surface area contributed by atoms with Gasteiger partial charge >= 0.3 is 0 Å². The van der Waals surface area contributed by atoms with Gasteiger partial charge in [0.1, 0.15) is 0 Å². The SMILES string of the molecule is CC(=O)Nc1cccc(C(C)NCc2csc(Br)c2)c1. The predicted octanol–water partition coefficient (Wildman–Crippen LogP) is 4.32. The Morgan fingerprint density at radius 2 is 2.20 bits per heavy atom. The van der Waals surface area contributed by atoms with E-state index in [1.165, 1.54) is 12.5 Å². The number of amides is 1. The molecule has 106 valence electrons. The minimum absolute atomic E-state index is 0.0501. The summed E-state index contributed by atoms with van der Waals surface area (Å²) < 4.78 is 1.15. The van der Waals surface area contributed by atoms with Gasteiger partial charge < -0.3 is 10.6 Å². The van der Waals surface area contributed by atoms with E-state index in [-0.39, 0.29) is 11.9 Å². The quantitative estimate of drug-likeness (QED) is 0.841. The van der Waals surface area contributed by atoms with Crippen LogP contribution in [0.3, 0.4) is 0 Å². The van der Waals surface area contributed by atoms with Gasteiger partial charge in [-0.25, -0.2) is 0 Å². The van der Waals surface area contributed by atoms with Gasteiger partial charge in [-0.15, -0.1) is 11.3 Å². The first-order chi connectivity index (χ1) is 9.54. The lowest BCUT2D eigenvalue weighted by molar-refractivity contribution is -0.114. The Kier molecular flexibility index (Phi) is 5.34. The zero-order valence-corrected chi connectivity index (χ0v) is 13.8. The van der Waals surface area contributed by atoms with E-state index in [1.54, 1.807) is 11.3 Å². The molecule has 2 aromatic rings. The average molecular weight is 353 g/mol. The summed E-state index contributed by atoms with van der Waals surface area (Å²) in [5.41, 5.74) is 3.26.